The molecule has 0 amide bonds. The monoisotopic (exact) mass is 251 g/mol. The number of aryl methyl sites for hydroxylation is 1. The molecule has 0 unspecified atom stereocenters. The van der Waals surface area contributed by atoms with E-state index in [0.717, 1.165) is 45.3 Å². The van der Waals surface area contributed by atoms with E-state index in [-0.39, 0.29) is 5.60 Å². The van der Waals surface area contributed by atoms with Gasteiger partial charge in [-0.2, -0.15) is 5.10 Å². The van der Waals surface area contributed by atoms with E-state index in [0.29, 0.717) is 0 Å². The minimum Gasteiger partial charge on any atom is -0.390 e. The topological polar surface area (TPSA) is 41.3 Å². The molecule has 18 heavy (non-hydrogen) atoms. The number of nitrogens with zero attached hydrogens (tertiary/aromatic N) is 3. The predicted molar refractivity (Wildman–Crippen MR) is 72.4 cm³/mol. The Kier molecular flexibility index (Phi) is 4.78. The van der Waals surface area contributed by atoms with E-state index in [9.17, 15) is 5.11 Å². The van der Waals surface area contributed by atoms with Crippen LogP contribution in [0.1, 0.15) is 38.5 Å². The summed E-state index contributed by atoms with van der Waals surface area (Å²) in [4.78, 5) is 2.32. The van der Waals surface area contributed by atoms with Crippen molar-refractivity contribution in [1.82, 2.24) is 14.7 Å². The van der Waals surface area contributed by atoms with Crippen LogP contribution in [0.15, 0.2) is 18.5 Å². The Balaban J connectivity index is 1.58. The van der Waals surface area contributed by atoms with Crippen molar-refractivity contribution in [2.24, 2.45) is 0 Å². The summed E-state index contributed by atoms with van der Waals surface area (Å²) in [5.41, 5.74) is -0.365. The van der Waals surface area contributed by atoms with Gasteiger partial charge in [-0.15, -0.1) is 0 Å². The molecule has 0 atom stereocenters. The van der Waals surface area contributed by atoms with Crippen molar-refractivity contribution in [2.45, 2.75) is 50.7 Å². The minimum absolute atomic E-state index is 0.365. The van der Waals surface area contributed by atoms with Gasteiger partial charge in [-0.25, -0.2) is 0 Å². The zero-order valence-corrected chi connectivity index (χ0v) is 11.4. The smallest absolute Gasteiger partial charge is 0.0660 e. The Morgan fingerprint density at radius 1 is 1.33 bits per heavy atom. The molecule has 0 spiro atoms. The molecular formula is C14H25N3O. The molecule has 1 heterocycles. The highest BCUT2D eigenvalue weighted by Gasteiger charge is 2.30. The zero-order valence-electron chi connectivity index (χ0n) is 11.4. The van der Waals surface area contributed by atoms with E-state index in [4.69, 9.17) is 0 Å². The summed E-state index contributed by atoms with van der Waals surface area (Å²) in [6.07, 6.45) is 10.2. The van der Waals surface area contributed by atoms with E-state index in [2.05, 4.69) is 17.0 Å². The van der Waals surface area contributed by atoms with Gasteiger partial charge in [-0.1, -0.05) is 12.8 Å². The van der Waals surface area contributed by atoms with Crippen LogP contribution in [0.4, 0.5) is 0 Å². The summed E-state index contributed by atoms with van der Waals surface area (Å²) in [5.74, 6) is 0. The van der Waals surface area contributed by atoms with Gasteiger partial charge in [0.2, 0.25) is 0 Å². The van der Waals surface area contributed by atoms with Crippen LogP contribution in [0, 0.1) is 0 Å². The fourth-order valence-electron chi connectivity index (χ4n) is 2.73. The van der Waals surface area contributed by atoms with Crippen molar-refractivity contribution in [1.29, 1.82) is 0 Å². The quantitative estimate of drug-likeness (QED) is 0.804. The van der Waals surface area contributed by atoms with Gasteiger partial charge in [0, 0.05) is 25.5 Å². The maximum Gasteiger partial charge on any atom is 0.0660 e. The molecule has 102 valence electrons. The number of hydrogen-bond acceptors (Lipinski definition) is 3. The Morgan fingerprint density at radius 2 is 2.11 bits per heavy atom. The zero-order chi connectivity index (χ0) is 12.8. The van der Waals surface area contributed by atoms with E-state index in [1.54, 1.807) is 0 Å². The molecule has 1 aliphatic carbocycles. The summed E-state index contributed by atoms with van der Waals surface area (Å²) in [5, 5.41) is 14.5. The minimum atomic E-state index is -0.365. The van der Waals surface area contributed by atoms with E-state index in [1.807, 2.05) is 23.1 Å². The molecule has 0 aliphatic heterocycles. The van der Waals surface area contributed by atoms with Crippen LogP contribution in [-0.2, 0) is 6.54 Å². The number of aliphatic hydroxyl groups is 1. The molecule has 1 aromatic heterocycles. The fourth-order valence-corrected chi connectivity index (χ4v) is 2.73. The summed E-state index contributed by atoms with van der Waals surface area (Å²) < 4.78 is 1.97. The second-order valence-electron chi connectivity index (χ2n) is 5.61. The van der Waals surface area contributed by atoms with Gasteiger partial charge in [-0.05, 0) is 45.3 Å². The second kappa shape index (κ2) is 6.34. The van der Waals surface area contributed by atoms with Crippen molar-refractivity contribution in [3.63, 3.8) is 0 Å². The van der Waals surface area contributed by atoms with Crippen LogP contribution in [0.25, 0.3) is 0 Å². The highest BCUT2D eigenvalue weighted by molar-refractivity contribution is 4.84. The maximum absolute atomic E-state index is 10.3. The second-order valence-corrected chi connectivity index (χ2v) is 5.61. The first-order valence-electron chi connectivity index (χ1n) is 7.06. The normalized spacial score (nSPS) is 18.6. The van der Waals surface area contributed by atoms with Gasteiger partial charge in [-0.3, -0.25) is 4.68 Å². The molecule has 0 bridgehead atoms. The highest BCUT2D eigenvalue weighted by Crippen LogP contribution is 2.32. The lowest BCUT2D eigenvalue weighted by atomic mass is 9.98. The molecule has 1 aromatic rings. The average Bonchev–Trinajstić information content (AvgIpc) is 2.99. The molecule has 0 saturated heterocycles. The number of rotatable bonds is 7. The first kappa shape index (κ1) is 13.6. The van der Waals surface area contributed by atoms with Crippen LogP contribution >= 0.6 is 0 Å². The Hall–Kier alpha value is -0.870. The first-order valence-corrected chi connectivity index (χ1v) is 7.06. The van der Waals surface area contributed by atoms with E-state index < -0.39 is 0 Å². The van der Waals surface area contributed by atoms with Crippen molar-refractivity contribution in [3.8, 4) is 0 Å². The lowest BCUT2D eigenvalue weighted by molar-refractivity contribution is 0.0302. The SMILES string of the molecule is CN(CCCn1cccn1)CCC1(O)CCCC1. The molecule has 1 saturated carbocycles. The van der Waals surface area contributed by atoms with Crippen molar-refractivity contribution in [2.75, 3.05) is 20.1 Å². The summed E-state index contributed by atoms with van der Waals surface area (Å²) in [6.45, 7) is 3.03. The highest BCUT2D eigenvalue weighted by atomic mass is 16.3. The van der Waals surface area contributed by atoms with Crippen LogP contribution in [0.3, 0.4) is 0 Å². The fraction of sp³-hybridized carbons (Fsp3) is 0.786. The molecule has 1 N–H and O–H groups in total. The van der Waals surface area contributed by atoms with E-state index >= 15 is 0 Å². The van der Waals surface area contributed by atoms with Crippen LogP contribution in [0.2, 0.25) is 0 Å². The third-order valence-corrected chi connectivity index (χ3v) is 3.98. The lowest BCUT2D eigenvalue weighted by Crippen LogP contribution is -2.31. The van der Waals surface area contributed by atoms with Gasteiger partial charge in [0.05, 0.1) is 5.60 Å². The van der Waals surface area contributed by atoms with Gasteiger partial charge in [0.15, 0.2) is 0 Å². The molecule has 2 rings (SSSR count). The lowest BCUT2D eigenvalue weighted by Gasteiger charge is -2.25. The van der Waals surface area contributed by atoms with Crippen molar-refractivity contribution >= 4 is 0 Å². The van der Waals surface area contributed by atoms with Crippen LogP contribution in [0.5, 0.6) is 0 Å². The molecule has 1 fully saturated rings. The maximum atomic E-state index is 10.3. The Bertz CT molecular complexity index is 331. The molecule has 4 nitrogen and oxygen atoms in total. The number of hydrogen-bond donors (Lipinski definition) is 1. The van der Waals surface area contributed by atoms with Crippen molar-refractivity contribution in [3.05, 3.63) is 18.5 Å². The summed E-state index contributed by atoms with van der Waals surface area (Å²) in [6, 6.07) is 1.96. The average molecular weight is 251 g/mol. The predicted octanol–water partition coefficient (Wildman–Crippen LogP) is 1.90. The largest absolute Gasteiger partial charge is 0.390 e. The van der Waals surface area contributed by atoms with Gasteiger partial charge in [0.1, 0.15) is 0 Å². The summed E-state index contributed by atoms with van der Waals surface area (Å²) in [7, 11) is 2.14. The first-order chi connectivity index (χ1) is 8.68. The van der Waals surface area contributed by atoms with Crippen molar-refractivity contribution < 1.29 is 5.11 Å². The third kappa shape index (κ3) is 4.10. The molecule has 1 aliphatic rings. The van der Waals surface area contributed by atoms with Gasteiger partial charge in [0.25, 0.3) is 0 Å². The Labute approximate surface area is 110 Å². The van der Waals surface area contributed by atoms with E-state index in [1.165, 1.54) is 12.8 Å². The molecule has 0 radical (unpaired) electrons. The number of aromatic nitrogens is 2. The molecule has 4 heteroatoms. The van der Waals surface area contributed by atoms with Gasteiger partial charge < -0.3 is 10.0 Å². The van der Waals surface area contributed by atoms with Gasteiger partial charge >= 0.3 is 0 Å². The van der Waals surface area contributed by atoms with Crippen LogP contribution in [-0.4, -0.2) is 45.5 Å². The summed E-state index contributed by atoms with van der Waals surface area (Å²) >= 11 is 0. The Morgan fingerprint density at radius 3 is 2.78 bits per heavy atom. The third-order valence-electron chi connectivity index (χ3n) is 3.98. The van der Waals surface area contributed by atoms with Crippen LogP contribution < -0.4 is 0 Å². The molecular weight excluding hydrogens is 226 g/mol. The standard InChI is InChI=1S/C14H25N3O/c1-16(10-5-12-17-11-4-9-15-17)13-8-14(18)6-2-3-7-14/h4,9,11,18H,2-3,5-8,10,12-13H2,1H3. The molecule has 0 aromatic carbocycles.